The van der Waals surface area contributed by atoms with Gasteiger partial charge in [0.1, 0.15) is 17.8 Å². The number of methoxy groups -OCH3 is 2. The number of rotatable bonds is 9. The van der Waals surface area contributed by atoms with Crippen LogP contribution in [0.2, 0.25) is 0 Å². The van der Waals surface area contributed by atoms with E-state index >= 15 is 0 Å². The molecule has 0 saturated carbocycles. The Bertz CT molecular complexity index is 1190. The van der Waals surface area contributed by atoms with E-state index in [1.807, 2.05) is 11.0 Å². The normalized spacial score (nSPS) is 13.9. The Morgan fingerprint density at radius 3 is 2.53 bits per heavy atom. The number of hydrogen-bond acceptors (Lipinski definition) is 6. The molecule has 3 aromatic rings. The van der Waals surface area contributed by atoms with E-state index in [2.05, 4.69) is 4.98 Å². The number of oxazole rings is 1. The predicted molar refractivity (Wildman–Crippen MR) is 126 cm³/mol. The third kappa shape index (κ3) is 6.17. The van der Waals surface area contributed by atoms with Crippen LogP contribution >= 0.6 is 0 Å². The van der Waals surface area contributed by atoms with Crippen LogP contribution < -0.4 is 9.47 Å². The highest BCUT2D eigenvalue weighted by Crippen LogP contribution is 2.31. The number of ether oxygens (including phenoxy) is 2. The van der Waals surface area contributed by atoms with Crippen molar-refractivity contribution in [3.8, 4) is 11.5 Å². The molecule has 0 aliphatic carbocycles. The van der Waals surface area contributed by atoms with Crippen molar-refractivity contribution >= 4 is 5.91 Å². The van der Waals surface area contributed by atoms with Crippen molar-refractivity contribution in [3.63, 3.8) is 0 Å². The van der Waals surface area contributed by atoms with Gasteiger partial charge in [0.15, 0.2) is 5.69 Å². The van der Waals surface area contributed by atoms with Crippen LogP contribution in [-0.4, -0.2) is 48.0 Å². The minimum atomic E-state index is -4.44. The number of benzene rings is 2. The minimum Gasteiger partial charge on any atom is -0.497 e. The monoisotopic (exact) mass is 503 g/mol. The molecule has 0 bridgehead atoms. The van der Waals surface area contributed by atoms with E-state index in [-0.39, 0.29) is 24.7 Å². The zero-order valence-electron chi connectivity index (χ0n) is 20.2. The molecule has 1 aliphatic heterocycles. The van der Waals surface area contributed by atoms with E-state index in [0.717, 1.165) is 30.5 Å². The molecule has 0 unspecified atom stereocenters. The van der Waals surface area contributed by atoms with Crippen LogP contribution in [0.15, 0.2) is 53.1 Å². The smallest absolute Gasteiger partial charge is 0.416 e. The molecule has 0 radical (unpaired) electrons. The molecule has 1 fully saturated rings. The molecule has 0 atom stereocenters. The molecule has 2 aromatic carbocycles. The molecular weight excluding hydrogens is 475 g/mol. The quantitative estimate of drug-likeness (QED) is 0.402. The van der Waals surface area contributed by atoms with E-state index in [1.54, 1.807) is 37.3 Å². The molecule has 1 saturated heterocycles. The summed E-state index contributed by atoms with van der Waals surface area (Å²) in [7, 11) is 3.09. The number of amides is 1. The molecular formula is C26H28F3N3O4. The topological polar surface area (TPSA) is 68.0 Å². The van der Waals surface area contributed by atoms with Gasteiger partial charge in [0.2, 0.25) is 5.89 Å². The van der Waals surface area contributed by atoms with Gasteiger partial charge < -0.3 is 18.8 Å². The SMILES string of the molecule is COc1ccc(CN(Cc2cccc(C(F)(F)F)c2)Cc2nc(C(=O)N3CCCC3)co2)c(OC)c1. The molecule has 4 rings (SSSR count). The van der Waals surface area contributed by atoms with Gasteiger partial charge >= 0.3 is 6.18 Å². The molecule has 1 amide bonds. The van der Waals surface area contributed by atoms with Crippen molar-refractivity contribution in [2.45, 2.75) is 38.7 Å². The van der Waals surface area contributed by atoms with Crippen LogP contribution in [-0.2, 0) is 25.8 Å². The second-order valence-electron chi connectivity index (χ2n) is 8.65. The fourth-order valence-corrected chi connectivity index (χ4v) is 4.25. The number of hydrogen-bond donors (Lipinski definition) is 0. The summed E-state index contributed by atoms with van der Waals surface area (Å²) in [6.07, 6.45) is -1.17. The highest BCUT2D eigenvalue weighted by molar-refractivity contribution is 5.92. The highest BCUT2D eigenvalue weighted by Gasteiger charge is 2.30. The van der Waals surface area contributed by atoms with Gasteiger partial charge in [0, 0.05) is 37.8 Å². The number of nitrogens with zero attached hydrogens (tertiary/aromatic N) is 3. The Labute approximate surface area is 207 Å². The van der Waals surface area contributed by atoms with Crippen molar-refractivity contribution in [3.05, 3.63) is 77.0 Å². The molecule has 2 heterocycles. The molecule has 36 heavy (non-hydrogen) atoms. The fraction of sp³-hybridized carbons (Fsp3) is 0.385. The summed E-state index contributed by atoms with van der Waals surface area (Å²) >= 11 is 0. The van der Waals surface area contributed by atoms with Gasteiger partial charge in [-0.1, -0.05) is 24.3 Å². The summed E-state index contributed by atoms with van der Waals surface area (Å²) in [5.74, 6) is 1.33. The maximum atomic E-state index is 13.3. The van der Waals surface area contributed by atoms with E-state index in [1.165, 1.54) is 12.3 Å². The van der Waals surface area contributed by atoms with Gasteiger partial charge in [-0.25, -0.2) is 4.98 Å². The fourth-order valence-electron chi connectivity index (χ4n) is 4.25. The van der Waals surface area contributed by atoms with E-state index in [4.69, 9.17) is 13.9 Å². The summed E-state index contributed by atoms with van der Waals surface area (Å²) in [6.45, 7) is 2.09. The molecule has 192 valence electrons. The number of aromatic nitrogens is 1. The van der Waals surface area contributed by atoms with Crippen molar-refractivity contribution in [1.29, 1.82) is 0 Å². The lowest BCUT2D eigenvalue weighted by Crippen LogP contribution is -2.28. The minimum absolute atomic E-state index is 0.177. The molecule has 0 spiro atoms. The first kappa shape index (κ1) is 25.6. The third-order valence-electron chi connectivity index (χ3n) is 6.07. The standard InChI is InChI=1S/C26H28F3N3O4/c1-34-21-9-8-19(23(13-21)35-2)15-31(14-18-6-5-7-20(12-18)26(27,28)29)16-24-30-22(17-36-24)25(33)32-10-3-4-11-32/h5-9,12-13,17H,3-4,10-11,14-16H2,1-2H3. The van der Waals surface area contributed by atoms with Crippen molar-refractivity contribution in [1.82, 2.24) is 14.8 Å². The zero-order valence-corrected chi connectivity index (χ0v) is 20.2. The van der Waals surface area contributed by atoms with Crippen LogP contribution in [0, 0.1) is 0 Å². The van der Waals surface area contributed by atoms with E-state index in [9.17, 15) is 18.0 Å². The maximum Gasteiger partial charge on any atom is 0.416 e. The van der Waals surface area contributed by atoms with Crippen molar-refractivity contribution < 1.29 is 31.9 Å². The predicted octanol–water partition coefficient (Wildman–Crippen LogP) is 5.15. The van der Waals surface area contributed by atoms with Crippen LogP contribution in [0.25, 0.3) is 0 Å². The number of halogens is 3. The summed E-state index contributed by atoms with van der Waals surface area (Å²) in [6, 6.07) is 10.6. The van der Waals surface area contributed by atoms with E-state index in [0.29, 0.717) is 42.6 Å². The largest absolute Gasteiger partial charge is 0.497 e. The molecule has 1 aromatic heterocycles. The molecule has 1 aliphatic rings. The number of alkyl halides is 3. The maximum absolute atomic E-state index is 13.3. The Morgan fingerprint density at radius 2 is 1.83 bits per heavy atom. The van der Waals surface area contributed by atoms with Gasteiger partial charge in [-0.15, -0.1) is 0 Å². The average Bonchev–Trinajstić information content (AvgIpc) is 3.56. The van der Waals surface area contributed by atoms with Gasteiger partial charge in [0.25, 0.3) is 5.91 Å². The Kier molecular flexibility index (Phi) is 7.83. The Morgan fingerprint density at radius 1 is 1.06 bits per heavy atom. The van der Waals surface area contributed by atoms with Crippen LogP contribution in [0.4, 0.5) is 13.2 Å². The summed E-state index contributed by atoms with van der Waals surface area (Å²) in [4.78, 5) is 20.7. The Balaban J connectivity index is 1.58. The van der Waals surface area contributed by atoms with Crippen molar-refractivity contribution in [2.24, 2.45) is 0 Å². The summed E-state index contributed by atoms with van der Waals surface area (Å²) in [5, 5.41) is 0. The lowest BCUT2D eigenvalue weighted by atomic mass is 10.1. The first-order valence-corrected chi connectivity index (χ1v) is 11.6. The van der Waals surface area contributed by atoms with Gasteiger partial charge in [-0.05, 0) is 30.5 Å². The third-order valence-corrected chi connectivity index (χ3v) is 6.07. The van der Waals surface area contributed by atoms with Crippen LogP contribution in [0.1, 0.15) is 45.9 Å². The van der Waals surface area contributed by atoms with Gasteiger partial charge in [0.05, 0.1) is 26.3 Å². The first-order chi connectivity index (χ1) is 17.3. The average molecular weight is 504 g/mol. The van der Waals surface area contributed by atoms with Crippen LogP contribution in [0.3, 0.4) is 0 Å². The Hall–Kier alpha value is -3.53. The number of likely N-dealkylation sites (tertiary alicyclic amines) is 1. The summed E-state index contributed by atoms with van der Waals surface area (Å²) < 4.78 is 56.2. The second-order valence-corrected chi connectivity index (χ2v) is 8.65. The number of carbonyl (C=O) groups excluding carboxylic acids is 1. The highest BCUT2D eigenvalue weighted by atomic mass is 19.4. The lowest BCUT2D eigenvalue weighted by molar-refractivity contribution is -0.137. The summed E-state index contributed by atoms with van der Waals surface area (Å²) in [5.41, 5.74) is 0.812. The van der Waals surface area contributed by atoms with Crippen molar-refractivity contribution in [2.75, 3.05) is 27.3 Å². The zero-order chi connectivity index (χ0) is 25.7. The second kappa shape index (κ2) is 11.0. The van der Waals surface area contributed by atoms with E-state index < -0.39 is 11.7 Å². The van der Waals surface area contributed by atoms with Gasteiger partial charge in [-0.3, -0.25) is 9.69 Å². The van der Waals surface area contributed by atoms with Gasteiger partial charge in [-0.2, -0.15) is 13.2 Å². The van der Waals surface area contributed by atoms with Crippen LogP contribution in [0.5, 0.6) is 11.5 Å². The number of carbonyl (C=O) groups is 1. The molecule has 10 heteroatoms. The molecule has 7 nitrogen and oxygen atoms in total. The molecule has 0 N–H and O–H groups in total. The first-order valence-electron chi connectivity index (χ1n) is 11.6. The lowest BCUT2D eigenvalue weighted by Gasteiger charge is -2.23.